The van der Waals surface area contributed by atoms with E-state index in [-0.39, 0.29) is 16.5 Å². The van der Waals surface area contributed by atoms with E-state index in [2.05, 4.69) is 22.7 Å². The van der Waals surface area contributed by atoms with Crippen LogP contribution in [-0.2, 0) is 5.41 Å². The van der Waals surface area contributed by atoms with Gasteiger partial charge in [-0.2, -0.15) is 0 Å². The topological polar surface area (TPSA) is 53.1 Å². The minimum atomic E-state index is -0.410. The third-order valence-electron chi connectivity index (χ3n) is 5.33. The van der Waals surface area contributed by atoms with Gasteiger partial charge in [0.2, 0.25) is 0 Å². The molecule has 5 nitrogen and oxygen atoms in total. The maximum atomic E-state index is 14.5. The maximum Gasteiger partial charge on any atom is 0.164 e. The zero-order chi connectivity index (χ0) is 17.6. The summed E-state index contributed by atoms with van der Waals surface area (Å²) in [7, 11) is 1.86. The molecule has 1 fully saturated rings. The number of halogens is 2. The molecule has 1 atom stereocenters. The zero-order valence-corrected chi connectivity index (χ0v) is 15.1. The Balaban J connectivity index is 1.73. The van der Waals surface area contributed by atoms with Crippen molar-refractivity contribution in [3.05, 3.63) is 52.2 Å². The maximum absolute atomic E-state index is 14.5. The van der Waals surface area contributed by atoms with Crippen LogP contribution in [0.5, 0.6) is 0 Å². The van der Waals surface area contributed by atoms with Gasteiger partial charge < -0.3 is 10.7 Å². The number of hydrogen-bond acceptors (Lipinski definition) is 5. The molecular formula is C18H21ClFN5. The first-order valence-electron chi connectivity index (χ1n) is 8.51. The molecule has 132 valence electrons. The SMILES string of the molecule is CN1Nc2nc(C3(C)CCNCC3)cnc2C1c1cccc(Cl)c1F. The first-order valence-corrected chi connectivity index (χ1v) is 8.89. The summed E-state index contributed by atoms with van der Waals surface area (Å²) in [6.07, 6.45) is 3.91. The molecule has 0 amide bonds. The summed E-state index contributed by atoms with van der Waals surface area (Å²) in [6, 6.07) is 4.69. The lowest BCUT2D eigenvalue weighted by molar-refractivity contribution is 0.327. The first kappa shape index (κ1) is 16.7. The summed E-state index contributed by atoms with van der Waals surface area (Å²) in [5.74, 6) is 0.288. The average Bonchev–Trinajstić information content (AvgIpc) is 2.93. The van der Waals surface area contributed by atoms with Crippen molar-refractivity contribution >= 4 is 17.4 Å². The lowest BCUT2D eigenvalue weighted by Gasteiger charge is -2.33. The highest BCUT2D eigenvalue weighted by atomic mass is 35.5. The minimum Gasteiger partial charge on any atom is -0.317 e. The van der Waals surface area contributed by atoms with E-state index < -0.39 is 5.82 Å². The van der Waals surface area contributed by atoms with E-state index in [0.717, 1.165) is 37.3 Å². The van der Waals surface area contributed by atoms with Gasteiger partial charge >= 0.3 is 0 Å². The van der Waals surface area contributed by atoms with Gasteiger partial charge in [-0.05, 0) is 32.0 Å². The number of hydrogen-bond donors (Lipinski definition) is 2. The quantitative estimate of drug-likeness (QED) is 0.859. The van der Waals surface area contributed by atoms with E-state index in [1.54, 1.807) is 18.2 Å². The van der Waals surface area contributed by atoms with Gasteiger partial charge in [0.05, 0.1) is 10.7 Å². The van der Waals surface area contributed by atoms with E-state index in [4.69, 9.17) is 16.6 Å². The molecule has 1 saturated heterocycles. The number of anilines is 1. The normalized spacial score (nSPS) is 22.5. The summed E-state index contributed by atoms with van der Waals surface area (Å²) in [5, 5.41) is 5.33. The predicted molar refractivity (Wildman–Crippen MR) is 96.1 cm³/mol. The second kappa shape index (κ2) is 6.20. The molecule has 2 N–H and O–H groups in total. The van der Waals surface area contributed by atoms with Crippen LogP contribution in [0.15, 0.2) is 24.4 Å². The van der Waals surface area contributed by atoms with Crippen LogP contribution in [0.3, 0.4) is 0 Å². The van der Waals surface area contributed by atoms with Crippen LogP contribution in [0.4, 0.5) is 10.2 Å². The van der Waals surface area contributed by atoms with Crippen LogP contribution < -0.4 is 10.7 Å². The summed E-state index contributed by atoms with van der Waals surface area (Å²) >= 11 is 5.96. The first-order chi connectivity index (χ1) is 12.0. The Labute approximate surface area is 151 Å². The molecule has 2 aliphatic rings. The van der Waals surface area contributed by atoms with Crippen molar-refractivity contribution in [1.29, 1.82) is 0 Å². The van der Waals surface area contributed by atoms with Crippen LogP contribution >= 0.6 is 11.6 Å². The fourth-order valence-electron chi connectivity index (χ4n) is 3.71. The molecule has 1 unspecified atom stereocenters. The summed E-state index contributed by atoms with van der Waals surface area (Å²) in [5.41, 5.74) is 5.45. The standard InChI is InChI=1S/C18H21ClFN5/c1-18(6-8-21-9-7-18)13-10-22-15-16(25(2)24-17(15)23-13)11-4-3-5-12(19)14(11)20/h3-5,10,16,21H,6-9H2,1-2H3,(H,23,24). The van der Waals surface area contributed by atoms with Crippen molar-refractivity contribution in [2.45, 2.75) is 31.2 Å². The van der Waals surface area contributed by atoms with Gasteiger partial charge in [0.25, 0.3) is 0 Å². The molecule has 1 aromatic carbocycles. The second-order valence-corrected chi connectivity index (χ2v) is 7.48. The van der Waals surface area contributed by atoms with E-state index in [0.29, 0.717) is 11.4 Å². The van der Waals surface area contributed by atoms with Crippen LogP contribution in [0.1, 0.15) is 42.8 Å². The Morgan fingerprint density at radius 3 is 2.84 bits per heavy atom. The molecule has 7 heteroatoms. The number of nitrogens with one attached hydrogen (secondary N) is 2. The Morgan fingerprint density at radius 1 is 1.32 bits per heavy atom. The van der Waals surface area contributed by atoms with Gasteiger partial charge in [0, 0.05) is 24.2 Å². The minimum absolute atomic E-state index is 0.0208. The van der Waals surface area contributed by atoms with Gasteiger partial charge in [0.15, 0.2) is 5.82 Å². The van der Waals surface area contributed by atoms with Crippen molar-refractivity contribution in [2.24, 2.45) is 0 Å². The number of aromatic nitrogens is 2. The predicted octanol–water partition coefficient (Wildman–Crippen LogP) is 3.27. The Hall–Kier alpha value is -1.76. The van der Waals surface area contributed by atoms with Gasteiger partial charge in [-0.15, -0.1) is 0 Å². The molecule has 3 heterocycles. The highest BCUT2D eigenvalue weighted by Crippen LogP contribution is 2.40. The number of nitrogens with zero attached hydrogens (tertiary/aromatic N) is 3. The number of rotatable bonds is 2. The molecule has 4 rings (SSSR count). The van der Waals surface area contributed by atoms with Gasteiger partial charge in [-0.1, -0.05) is 30.7 Å². The van der Waals surface area contributed by atoms with Gasteiger partial charge in [0.1, 0.15) is 17.6 Å². The molecular weight excluding hydrogens is 341 g/mol. The van der Waals surface area contributed by atoms with Gasteiger partial charge in [-0.25, -0.2) is 14.4 Å². The van der Waals surface area contributed by atoms with Crippen molar-refractivity contribution < 1.29 is 4.39 Å². The molecule has 1 aromatic heterocycles. The van der Waals surface area contributed by atoms with Crippen LogP contribution in [-0.4, -0.2) is 35.1 Å². The average molecular weight is 362 g/mol. The van der Waals surface area contributed by atoms with Crippen molar-refractivity contribution in [2.75, 3.05) is 25.6 Å². The molecule has 0 radical (unpaired) electrons. The van der Waals surface area contributed by atoms with Crippen LogP contribution in [0.2, 0.25) is 5.02 Å². The highest BCUT2D eigenvalue weighted by molar-refractivity contribution is 6.30. The van der Waals surface area contributed by atoms with E-state index >= 15 is 0 Å². The number of fused-ring (bicyclic) bond motifs is 1. The van der Waals surface area contributed by atoms with Crippen molar-refractivity contribution in [1.82, 2.24) is 20.3 Å². The van der Waals surface area contributed by atoms with Crippen LogP contribution in [0, 0.1) is 5.82 Å². The van der Waals surface area contributed by atoms with E-state index in [1.165, 1.54) is 0 Å². The fraction of sp³-hybridized carbons (Fsp3) is 0.444. The number of benzene rings is 1. The summed E-state index contributed by atoms with van der Waals surface area (Å²) < 4.78 is 14.5. The lowest BCUT2D eigenvalue weighted by atomic mass is 9.78. The van der Waals surface area contributed by atoms with Crippen molar-refractivity contribution in [3.63, 3.8) is 0 Å². The lowest BCUT2D eigenvalue weighted by Crippen LogP contribution is -2.38. The largest absolute Gasteiger partial charge is 0.317 e. The molecule has 0 bridgehead atoms. The summed E-state index contributed by atoms with van der Waals surface area (Å²) in [6.45, 7) is 4.20. The van der Waals surface area contributed by atoms with Crippen molar-refractivity contribution in [3.8, 4) is 0 Å². The number of piperidine rings is 1. The Morgan fingerprint density at radius 2 is 2.08 bits per heavy atom. The Bertz CT molecular complexity index is 806. The summed E-state index contributed by atoms with van der Waals surface area (Å²) in [4.78, 5) is 9.49. The monoisotopic (exact) mass is 361 g/mol. The highest BCUT2D eigenvalue weighted by Gasteiger charge is 2.37. The molecule has 2 aromatic rings. The van der Waals surface area contributed by atoms with Crippen LogP contribution in [0.25, 0.3) is 0 Å². The molecule has 25 heavy (non-hydrogen) atoms. The fourth-order valence-corrected chi connectivity index (χ4v) is 3.89. The van der Waals surface area contributed by atoms with E-state index in [1.807, 2.05) is 18.3 Å². The smallest absolute Gasteiger partial charge is 0.164 e. The van der Waals surface area contributed by atoms with E-state index in [9.17, 15) is 4.39 Å². The van der Waals surface area contributed by atoms with Gasteiger partial charge in [-0.3, -0.25) is 4.98 Å². The Kier molecular flexibility index (Phi) is 4.14. The molecule has 0 saturated carbocycles. The second-order valence-electron chi connectivity index (χ2n) is 7.07. The molecule has 0 aliphatic carbocycles. The number of hydrazine groups is 1. The third kappa shape index (κ3) is 2.78. The zero-order valence-electron chi connectivity index (χ0n) is 14.3. The molecule has 2 aliphatic heterocycles. The molecule has 0 spiro atoms. The third-order valence-corrected chi connectivity index (χ3v) is 5.62.